The van der Waals surface area contributed by atoms with Crippen LogP contribution in [0, 0.1) is 0 Å². The van der Waals surface area contributed by atoms with Gasteiger partial charge in [0, 0.05) is 39.5 Å². The van der Waals surface area contributed by atoms with Crippen molar-refractivity contribution in [3.8, 4) is 0 Å². The summed E-state index contributed by atoms with van der Waals surface area (Å²) in [6.07, 6.45) is 2.19. The third-order valence-electron chi connectivity index (χ3n) is 3.44. The Morgan fingerprint density at radius 2 is 2.45 bits per heavy atom. The number of hydrogen-bond acceptors (Lipinski definition) is 6. The molecule has 2 rings (SSSR count). The molecule has 1 N–H and O–H groups in total. The van der Waals surface area contributed by atoms with Gasteiger partial charge in [0.2, 0.25) is 0 Å². The number of hydrogen-bond donors (Lipinski definition) is 1. The number of nitrogens with zero attached hydrogens (tertiary/aromatic N) is 4. The molecule has 0 aliphatic carbocycles. The molecule has 1 saturated heterocycles. The molecule has 2 heterocycles. The van der Waals surface area contributed by atoms with E-state index in [-0.39, 0.29) is 6.10 Å². The monoisotopic (exact) mass is 283 g/mol. The molecule has 1 aliphatic heterocycles. The average molecular weight is 283 g/mol. The summed E-state index contributed by atoms with van der Waals surface area (Å²) in [6.45, 7) is 9.07. The van der Waals surface area contributed by atoms with Crippen LogP contribution in [0.1, 0.15) is 12.6 Å². The van der Waals surface area contributed by atoms with Gasteiger partial charge in [-0.2, -0.15) is 0 Å². The minimum atomic E-state index is 0.208. The zero-order valence-corrected chi connectivity index (χ0v) is 12.4. The number of aromatic nitrogens is 3. The van der Waals surface area contributed by atoms with E-state index in [0.717, 1.165) is 51.6 Å². The highest BCUT2D eigenvalue weighted by Gasteiger charge is 2.20. The van der Waals surface area contributed by atoms with Crippen molar-refractivity contribution in [2.75, 3.05) is 46.5 Å². The molecule has 20 heavy (non-hydrogen) atoms. The van der Waals surface area contributed by atoms with Gasteiger partial charge in [-0.15, -0.1) is 5.10 Å². The van der Waals surface area contributed by atoms with Crippen LogP contribution in [0.25, 0.3) is 0 Å². The molecule has 114 valence electrons. The zero-order chi connectivity index (χ0) is 14.2. The Balaban J connectivity index is 1.74. The van der Waals surface area contributed by atoms with Crippen molar-refractivity contribution in [3.05, 3.63) is 11.9 Å². The first-order valence-electron chi connectivity index (χ1n) is 7.24. The maximum absolute atomic E-state index is 5.77. The van der Waals surface area contributed by atoms with Gasteiger partial charge in [-0.3, -0.25) is 4.90 Å². The topological polar surface area (TPSA) is 64.4 Å². The van der Waals surface area contributed by atoms with E-state index in [1.54, 1.807) is 7.11 Å². The van der Waals surface area contributed by atoms with Gasteiger partial charge in [0.25, 0.3) is 0 Å². The first-order chi connectivity index (χ1) is 9.81. The van der Waals surface area contributed by atoms with Crippen LogP contribution in [0.2, 0.25) is 0 Å². The molecule has 0 aromatic carbocycles. The number of ether oxygens (including phenoxy) is 2. The second-order valence-electron chi connectivity index (χ2n) is 4.99. The predicted octanol–water partition coefficient (Wildman–Crippen LogP) is -0.265. The quantitative estimate of drug-likeness (QED) is 0.663. The van der Waals surface area contributed by atoms with E-state index in [9.17, 15) is 0 Å². The van der Waals surface area contributed by atoms with E-state index in [0.29, 0.717) is 6.61 Å². The lowest BCUT2D eigenvalue weighted by molar-refractivity contribution is -0.0360. The molecule has 0 radical (unpaired) electrons. The largest absolute Gasteiger partial charge is 0.383 e. The number of methoxy groups -OCH3 is 1. The van der Waals surface area contributed by atoms with Crippen molar-refractivity contribution >= 4 is 0 Å². The van der Waals surface area contributed by atoms with Crippen LogP contribution in [-0.2, 0) is 22.6 Å². The molecule has 0 bridgehead atoms. The lowest BCUT2D eigenvalue weighted by atomic mass is 10.2. The van der Waals surface area contributed by atoms with Gasteiger partial charge in [0.1, 0.15) is 0 Å². The van der Waals surface area contributed by atoms with Gasteiger partial charge in [-0.05, 0) is 6.54 Å². The fraction of sp³-hybridized carbons (Fsp3) is 0.846. The lowest BCUT2D eigenvalue weighted by Gasteiger charge is -2.31. The van der Waals surface area contributed by atoms with Crippen LogP contribution < -0.4 is 5.32 Å². The third-order valence-corrected chi connectivity index (χ3v) is 3.44. The van der Waals surface area contributed by atoms with Crippen molar-refractivity contribution in [2.24, 2.45) is 0 Å². The lowest BCUT2D eigenvalue weighted by Crippen LogP contribution is -2.44. The van der Waals surface area contributed by atoms with Crippen LogP contribution in [0.15, 0.2) is 6.20 Å². The molecule has 0 amide bonds. The molecule has 1 aromatic rings. The van der Waals surface area contributed by atoms with Gasteiger partial charge >= 0.3 is 0 Å². The summed E-state index contributed by atoms with van der Waals surface area (Å²) < 4.78 is 12.6. The first kappa shape index (κ1) is 15.4. The van der Waals surface area contributed by atoms with E-state index in [4.69, 9.17) is 9.47 Å². The molecule has 1 atom stereocenters. The summed E-state index contributed by atoms with van der Waals surface area (Å²) in [6, 6.07) is 0. The number of morpholine rings is 1. The molecule has 7 nitrogen and oxygen atoms in total. The van der Waals surface area contributed by atoms with Gasteiger partial charge in [0.05, 0.1) is 31.6 Å². The summed E-state index contributed by atoms with van der Waals surface area (Å²) in [7, 11) is 1.70. The Bertz CT molecular complexity index is 385. The minimum absolute atomic E-state index is 0.208. The van der Waals surface area contributed by atoms with Crippen molar-refractivity contribution in [3.63, 3.8) is 0 Å². The Labute approximate surface area is 120 Å². The van der Waals surface area contributed by atoms with Crippen LogP contribution in [0.4, 0.5) is 0 Å². The van der Waals surface area contributed by atoms with Crippen molar-refractivity contribution in [1.29, 1.82) is 0 Å². The van der Waals surface area contributed by atoms with Gasteiger partial charge in [-0.1, -0.05) is 12.1 Å². The molecule has 0 spiro atoms. The summed E-state index contributed by atoms with van der Waals surface area (Å²) in [5.41, 5.74) is 0.948. The minimum Gasteiger partial charge on any atom is -0.383 e. The first-order valence-corrected chi connectivity index (χ1v) is 7.24. The maximum Gasteiger partial charge on any atom is 0.0964 e. The van der Waals surface area contributed by atoms with Crippen LogP contribution in [-0.4, -0.2) is 72.5 Å². The molecule has 7 heteroatoms. The molecular weight excluding hydrogens is 258 g/mol. The van der Waals surface area contributed by atoms with Gasteiger partial charge in [0.15, 0.2) is 0 Å². The number of rotatable bonds is 8. The Morgan fingerprint density at radius 1 is 1.55 bits per heavy atom. The second-order valence-corrected chi connectivity index (χ2v) is 4.99. The van der Waals surface area contributed by atoms with E-state index < -0.39 is 0 Å². The summed E-state index contributed by atoms with van der Waals surface area (Å²) >= 11 is 0. The van der Waals surface area contributed by atoms with E-state index in [1.165, 1.54) is 0 Å². The molecule has 1 fully saturated rings. The maximum atomic E-state index is 5.77. The molecule has 1 aliphatic rings. The van der Waals surface area contributed by atoms with Crippen molar-refractivity contribution < 1.29 is 9.47 Å². The van der Waals surface area contributed by atoms with Gasteiger partial charge in [-0.25, -0.2) is 4.68 Å². The highest BCUT2D eigenvalue weighted by atomic mass is 16.5. The summed E-state index contributed by atoms with van der Waals surface area (Å²) in [4.78, 5) is 2.40. The molecule has 0 saturated carbocycles. The van der Waals surface area contributed by atoms with Crippen LogP contribution in [0.5, 0.6) is 0 Å². The number of likely N-dealkylation sites (N-methyl/N-ethyl adjacent to an activating group) is 1. The van der Waals surface area contributed by atoms with Crippen molar-refractivity contribution in [1.82, 2.24) is 25.2 Å². The molecule has 1 unspecified atom stereocenters. The summed E-state index contributed by atoms with van der Waals surface area (Å²) in [5, 5.41) is 11.6. The predicted molar refractivity (Wildman–Crippen MR) is 75.5 cm³/mol. The van der Waals surface area contributed by atoms with E-state index in [1.807, 2.05) is 10.9 Å². The average Bonchev–Trinajstić information content (AvgIpc) is 2.91. The van der Waals surface area contributed by atoms with Crippen LogP contribution in [0.3, 0.4) is 0 Å². The highest BCUT2D eigenvalue weighted by Crippen LogP contribution is 2.07. The zero-order valence-electron chi connectivity index (χ0n) is 12.4. The van der Waals surface area contributed by atoms with Gasteiger partial charge < -0.3 is 14.8 Å². The third kappa shape index (κ3) is 4.82. The fourth-order valence-electron chi connectivity index (χ4n) is 2.29. The van der Waals surface area contributed by atoms with Crippen molar-refractivity contribution in [2.45, 2.75) is 26.1 Å². The smallest absolute Gasteiger partial charge is 0.0964 e. The Kier molecular flexibility index (Phi) is 6.38. The Hall–Kier alpha value is -1.02. The van der Waals surface area contributed by atoms with E-state index >= 15 is 0 Å². The highest BCUT2D eigenvalue weighted by molar-refractivity contribution is 4.92. The molecule has 1 aromatic heterocycles. The number of nitrogens with one attached hydrogen (secondary N) is 1. The fourth-order valence-corrected chi connectivity index (χ4v) is 2.29. The Morgan fingerprint density at radius 3 is 3.25 bits per heavy atom. The van der Waals surface area contributed by atoms with Crippen LogP contribution >= 0.6 is 0 Å². The molecular formula is C13H25N5O2. The standard InChI is InChI=1S/C13H25N5O2/c1-3-17-5-7-20-13(10-17)11-18-9-12(15-16-18)8-14-4-6-19-2/h9,13-14H,3-8,10-11H2,1-2H3. The normalized spacial score (nSPS) is 20.4. The second kappa shape index (κ2) is 8.31. The summed E-state index contributed by atoms with van der Waals surface area (Å²) in [5.74, 6) is 0. The van der Waals surface area contributed by atoms with E-state index in [2.05, 4.69) is 27.5 Å². The SMILES string of the molecule is CCN1CCOC(Cn2cc(CNCCOC)nn2)C1.